The average Bonchev–Trinajstić information content (AvgIpc) is 2.84. The summed E-state index contributed by atoms with van der Waals surface area (Å²) < 4.78 is 10.5. The number of morpholine rings is 1. The van der Waals surface area contributed by atoms with E-state index in [9.17, 15) is 24.5 Å². The lowest BCUT2D eigenvalue weighted by Crippen LogP contribution is -2.42. The van der Waals surface area contributed by atoms with Crippen LogP contribution < -0.4 is 15.5 Å². The van der Waals surface area contributed by atoms with Gasteiger partial charge in [-0.2, -0.15) is 0 Å². The standard InChI is InChI=1S/C23H26N4O7/c1-15(24-22(29)17-4-3-5-20(14-17)27(31)32)23(30)34-16(2)21(28)25-18-6-8-19(9-7-18)26-10-12-33-13-11-26/h3-9,14-16H,10-13H2,1-2H3,(H,24,29)(H,25,28). The first kappa shape index (κ1) is 24.6. The van der Waals surface area contributed by atoms with Crippen LogP contribution in [-0.4, -0.2) is 61.2 Å². The van der Waals surface area contributed by atoms with Crippen molar-refractivity contribution >= 4 is 34.8 Å². The molecular weight excluding hydrogens is 444 g/mol. The molecule has 1 fully saturated rings. The first-order valence-electron chi connectivity index (χ1n) is 10.7. The van der Waals surface area contributed by atoms with Gasteiger partial charge in [-0.05, 0) is 44.2 Å². The van der Waals surface area contributed by atoms with E-state index in [0.29, 0.717) is 18.9 Å². The van der Waals surface area contributed by atoms with E-state index >= 15 is 0 Å². The molecule has 0 bridgehead atoms. The summed E-state index contributed by atoms with van der Waals surface area (Å²) in [5, 5.41) is 16.0. The van der Waals surface area contributed by atoms with E-state index in [1.165, 1.54) is 32.0 Å². The molecule has 180 valence electrons. The summed E-state index contributed by atoms with van der Waals surface area (Å²) in [4.78, 5) is 49.5. The number of esters is 1. The van der Waals surface area contributed by atoms with Gasteiger partial charge < -0.3 is 25.0 Å². The van der Waals surface area contributed by atoms with E-state index in [1.807, 2.05) is 12.1 Å². The first-order valence-corrected chi connectivity index (χ1v) is 10.7. The molecule has 1 heterocycles. The van der Waals surface area contributed by atoms with E-state index < -0.39 is 34.9 Å². The third-order valence-corrected chi connectivity index (χ3v) is 5.19. The molecule has 0 aromatic heterocycles. The fraction of sp³-hybridized carbons (Fsp3) is 0.348. The molecule has 2 N–H and O–H groups in total. The van der Waals surface area contributed by atoms with E-state index in [4.69, 9.17) is 9.47 Å². The van der Waals surface area contributed by atoms with Gasteiger partial charge in [-0.3, -0.25) is 19.7 Å². The van der Waals surface area contributed by atoms with E-state index in [-0.39, 0.29) is 11.3 Å². The molecule has 2 aromatic rings. The molecule has 11 nitrogen and oxygen atoms in total. The number of nitro benzene ring substituents is 1. The minimum absolute atomic E-state index is 0.0279. The van der Waals surface area contributed by atoms with Crippen molar-refractivity contribution in [1.82, 2.24) is 5.32 Å². The second-order valence-electron chi connectivity index (χ2n) is 7.72. The largest absolute Gasteiger partial charge is 0.451 e. The van der Waals surface area contributed by atoms with Crippen molar-refractivity contribution < 1.29 is 28.8 Å². The van der Waals surface area contributed by atoms with E-state index in [1.54, 1.807) is 12.1 Å². The van der Waals surface area contributed by atoms with Gasteiger partial charge in [-0.15, -0.1) is 0 Å². The number of non-ortho nitro benzene ring substituents is 1. The molecule has 1 aliphatic rings. The van der Waals surface area contributed by atoms with Gasteiger partial charge in [0.1, 0.15) is 6.04 Å². The number of hydrogen-bond donors (Lipinski definition) is 2. The van der Waals surface area contributed by atoms with E-state index in [2.05, 4.69) is 15.5 Å². The van der Waals surface area contributed by atoms with Crippen LogP contribution in [0.1, 0.15) is 24.2 Å². The Morgan fingerprint density at radius 1 is 1.09 bits per heavy atom. The van der Waals surface area contributed by atoms with Crippen molar-refractivity contribution in [3.8, 4) is 0 Å². The molecule has 11 heteroatoms. The Morgan fingerprint density at radius 3 is 2.41 bits per heavy atom. The van der Waals surface area contributed by atoms with Crippen molar-refractivity contribution in [3.63, 3.8) is 0 Å². The minimum atomic E-state index is -1.11. The predicted molar refractivity (Wildman–Crippen MR) is 124 cm³/mol. The molecule has 2 aromatic carbocycles. The molecular formula is C23H26N4O7. The molecule has 2 amide bonds. The molecule has 0 saturated carbocycles. The van der Waals surface area contributed by atoms with Crippen molar-refractivity contribution in [1.29, 1.82) is 0 Å². The number of benzene rings is 2. The zero-order valence-corrected chi connectivity index (χ0v) is 18.9. The Morgan fingerprint density at radius 2 is 1.76 bits per heavy atom. The number of ether oxygens (including phenoxy) is 2. The van der Waals surface area contributed by atoms with Crippen molar-refractivity contribution in [3.05, 3.63) is 64.2 Å². The number of carbonyl (C=O) groups is 3. The van der Waals surface area contributed by atoms with Gasteiger partial charge in [-0.1, -0.05) is 6.07 Å². The van der Waals surface area contributed by atoms with Gasteiger partial charge in [0.2, 0.25) is 0 Å². The zero-order valence-electron chi connectivity index (χ0n) is 18.9. The number of nitrogens with zero attached hydrogens (tertiary/aromatic N) is 2. The quantitative estimate of drug-likeness (QED) is 0.340. The fourth-order valence-electron chi connectivity index (χ4n) is 3.25. The number of carbonyl (C=O) groups excluding carboxylic acids is 3. The third kappa shape index (κ3) is 6.51. The number of anilines is 2. The Hall–Kier alpha value is -3.99. The molecule has 34 heavy (non-hydrogen) atoms. The second kappa shape index (κ2) is 11.2. The van der Waals surface area contributed by atoms with Crippen LogP contribution in [0, 0.1) is 10.1 Å². The van der Waals surface area contributed by atoms with Crippen LogP contribution in [0.4, 0.5) is 17.1 Å². The highest BCUT2D eigenvalue weighted by atomic mass is 16.6. The fourth-order valence-corrected chi connectivity index (χ4v) is 3.25. The maximum atomic E-state index is 12.4. The van der Waals surface area contributed by atoms with Gasteiger partial charge in [0.05, 0.1) is 18.1 Å². The monoisotopic (exact) mass is 470 g/mol. The number of rotatable bonds is 8. The lowest BCUT2D eigenvalue weighted by Gasteiger charge is -2.29. The zero-order chi connectivity index (χ0) is 24.7. The van der Waals surface area contributed by atoms with Crippen molar-refractivity contribution in [2.24, 2.45) is 0 Å². The topological polar surface area (TPSA) is 140 Å². The van der Waals surface area contributed by atoms with E-state index in [0.717, 1.165) is 24.8 Å². The van der Waals surface area contributed by atoms with Crippen LogP contribution in [-0.2, 0) is 19.1 Å². The summed E-state index contributed by atoms with van der Waals surface area (Å²) in [6.45, 7) is 5.76. The van der Waals surface area contributed by atoms with Crippen LogP contribution in [0.3, 0.4) is 0 Å². The van der Waals surface area contributed by atoms with Crippen molar-refractivity contribution in [2.75, 3.05) is 36.5 Å². The maximum absolute atomic E-state index is 12.4. The maximum Gasteiger partial charge on any atom is 0.329 e. The number of amides is 2. The van der Waals surface area contributed by atoms with Crippen molar-refractivity contribution in [2.45, 2.75) is 26.0 Å². The van der Waals surface area contributed by atoms with Gasteiger partial charge in [0.25, 0.3) is 17.5 Å². The number of hydrogen-bond acceptors (Lipinski definition) is 8. The highest BCUT2D eigenvalue weighted by Gasteiger charge is 2.24. The molecule has 0 radical (unpaired) electrons. The molecule has 0 spiro atoms. The Bertz CT molecular complexity index is 1050. The summed E-state index contributed by atoms with van der Waals surface area (Å²) in [7, 11) is 0. The van der Waals surface area contributed by atoms with Gasteiger partial charge in [-0.25, -0.2) is 4.79 Å². The number of nitro groups is 1. The van der Waals surface area contributed by atoms with Crippen LogP contribution in [0.2, 0.25) is 0 Å². The number of nitrogens with one attached hydrogen (secondary N) is 2. The summed E-state index contributed by atoms with van der Waals surface area (Å²) >= 11 is 0. The summed E-state index contributed by atoms with van der Waals surface area (Å²) in [5.41, 5.74) is 1.36. The van der Waals surface area contributed by atoms with Gasteiger partial charge in [0, 0.05) is 42.2 Å². The normalized spacial score (nSPS) is 15.1. The smallest absolute Gasteiger partial charge is 0.329 e. The van der Waals surface area contributed by atoms with Crippen LogP contribution >= 0.6 is 0 Å². The molecule has 1 saturated heterocycles. The first-order chi connectivity index (χ1) is 16.2. The van der Waals surface area contributed by atoms with Crippen LogP contribution in [0.15, 0.2) is 48.5 Å². The molecule has 0 aliphatic carbocycles. The Balaban J connectivity index is 1.50. The summed E-state index contributed by atoms with van der Waals surface area (Å²) in [6, 6.07) is 11.4. The predicted octanol–water partition coefficient (Wildman–Crippen LogP) is 2.12. The molecule has 2 unspecified atom stereocenters. The average molecular weight is 470 g/mol. The highest BCUT2D eigenvalue weighted by molar-refractivity contribution is 5.98. The minimum Gasteiger partial charge on any atom is -0.451 e. The highest BCUT2D eigenvalue weighted by Crippen LogP contribution is 2.19. The molecule has 3 rings (SSSR count). The van der Waals surface area contributed by atoms with Crippen LogP contribution in [0.25, 0.3) is 0 Å². The van der Waals surface area contributed by atoms with Gasteiger partial charge in [0.15, 0.2) is 6.10 Å². The SMILES string of the molecule is CC(NC(=O)c1cccc([N+](=O)[O-])c1)C(=O)OC(C)C(=O)Nc1ccc(N2CCOCC2)cc1. The second-order valence-corrected chi connectivity index (χ2v) is 7.72. The molecule has 1 aliphatic heterocycles. The molecule has 2 atom stereocenters. The Labute approximate surface area is 196 Å². The van der Waals surface area contributed by atoms with Gasteiger partial charge >= 0.3 is 5.97 Å². The third-order valence-electron chi connectivity index (χ3n) is 5.19. The summed E-state index contributed by atoms with van der Waals surface area (Å²) in [5.74, 6) is -2.01. The lowest BCUT2D eigenvalue weighted by molar-refractivity contribution is -0.384. The Kier molecular flexibility index (Phi) is 8.14. The lowest BCUT2D eigenvalue weighted by atomic mass is 10.2. The summed E-state index contributed by atoms with van der Waals surface area (Å²) in [6.07, 6.45) is -1.11. The van der Waals surface area contributed by atoms with Crippen LogP contribution in [0.5, 0.6) is 0 Å².